The number of nitrogens with zero attached hydrogens (tertiary/aromatic N) is 1. The number of carbonyl (C=O) groups excluding carboxylic acids is 2. The van der Waals surface area contributed by atoms with Gasteiger partial charge in [-0.25, -0.2) is 0 Å². The summed E-state index contributed by atoms with van der Waals surface area (Å²) in [6.45, 7) is -0.0406. The summed E-state index contributed by atoms with van der Waals surface area (Å²) >= 11 is 4.52. The van der Waals surface area contributed by atoms with Crippen molar-refractivity contribution < 1.29 is 9.59 Å². The van der Waals surface area contributed by atoms with Crippen LogP contribution < -0.4 is 11.1 Å². The fourth-order valence-electron chi connectivity index (χ4n) is 1.37. The van der Waals surface area contributed by atoms with Gasteiger partial charge in [0.25, 0.3) is 5.91 Å². The molecule has 0 aliphatic heterocycles. The molecule has 2 heterocycles. The van der Waals surface area contributed by atoms with E-state index in [2.05, 4.69) is 26.2 Å². The Morgan fingerprint density at radius 3 is 2.89 bits per heavy atom. The third kappa shape index (κ3) is 3.46. The maximum absolute atomic E-state index is 11.9. The van der Waals surface area contributed by atoms with Crippen LogP contribution >= 0.6 is 27.3 Å². The van der Waals surface area contributed by atoms with E-state index in [1.54, 1.807) is 23.6 Å². The molecule has 2 aromatic rings. The van der Waals surface area contributed by atoms with Crippen molar-refractivity contribution in [2.45, 2.75) is 0 Å². The summed E-state index contributed by atoms with van der Waals surface area (Å²) in [5, 5.41) is 4.37. The smallest absolute Gasteiger partial charge is 0.274 e. The summed E-state index contributed by atoms with van der Waals surface area (Å²) in [4.78, 5) is 27.8. The predicted molar refractivity (Wildman–Crippen MR) is 77.6 cm³/mol. The summed E-state index contributed by atoms with van der Waals surface area (Å²) < 4.78 is 0.775. The van der Waals surface area contributed by atoms with E-state index in [-0.39, 0.29) is 18.2 Å². The van der Waals surface area contributed by atoms with Crippen molar-refractivity contribution in [3.63, 3.8) is 0 Å². The quantitative estimate of drug-likeness (QED) is 0.837. The summed E-state index contributed by atoms with van der Waals surface area (Å²) in [6.07, 6.45) is 1.54. The molecule has 0 spiro atoms. The van der Waals surface area contributed by atoms with Crippen molar-refractivity contribution >= 4 is 44.6 Å². The van der Waals surface area contributed by atoms with Crippen molar-refractivity contribution in [2.75, 3.05) is 11.9 Å². The second-order valence-corrected chi connectivity index (χ2v) is 5.47. The Morgan fingerprint density at radius 1 is 1.42 bits per heavy atom. The van der Waals surface area contributed by atoms with Crippen molar-refractivity contribution in [1.82, 2.24) is 4.98 Å². The van der Waals surface area contributed by atoms with Crippen LogP contribution in [0.1, 0.15) is 20.2 Å². The van der Waals surface area contributed by atoms with Gasteiger partial charge >= 0.3 is 0 Å². The average molecular weight is 340 g/mol. The number of aromatic nitrogens is 1. The minimum absolute atomic E-state index is 0.0406. The van der Waals surface area contributed by atoms with Gasteiger partial charge in [-0.15, -0.1) is 11.3 Å². The first-order valence-corrected chi connectivity index (χ1v) is 7.02. The lowest BCUT2D eigenvalue weighted by Crippen LogP contribution is -2.13. The first kappa shape index (κ1) is 13.9. The van der Waals surface area contributed by atoms with Crippen LogP contribution in [0.15, 0.2) is 34.2 Å². The molecule has 19 heavy (non-hydrogen) atoms. The number of hydrogen-bond donors (Lipinski definition) is 2. The fourth-order valence-corrected chi connectivity index (χ4v) is 2.50. The van der Waals surface area contributed by atoms with Gasteiger partial charge in [-0.1, -0.05) is 15.9 Å². The number of hydrogen-bond acceptors (Lipinski definition) is 5. The molecule has 0 fully saturated rings. The zero-order valence-electron chi connectivity index (χ0n) is 9.72. The summed E-state index contributed by atoms with van der Waals surface area (Å²) in [6, 6.07) is 4.96. The van der Waals surface area contributed by atoms with E-state index in [0.717, 1.165) is 4.47 Å². The van der Waals surface area contributed by atoms with Gasteiger partial charge in [-0.05, 0) is 18.2 Å². The largest absolute Gasteiger partial charge is 0.324 e. The maximum Gasteiger partial charge on any atom is 0.274 e. The van der Waals surface area contributed by atoms with Crippen LogP contribution in [0.5, 0.6) is 0 Å². The van der Waals surface area contributed by atoms with E-state index < -0.39 is 0 Å². The molecule has 0 saturated carbocycles. The molecule has 0 aliphatic rings. The number of thiophene rings is 1. The highest BCUT2D eigenvalue weighted by molar-refractivity contribution is 9.10. The second kappa shape index (κ2) is 6.05. The van der Waals surface area contributed by atoms with Gasteiger partial charge in [0.2, 0.25) is 0 Å². The van der Waals surface area contributed by atoms with Gasteiger partial charge in [-0.2, -0.15) is 0 Å². The topological polar surface area (TPSA) is 85.1 Å². The lowest BCUT2D eigenvalue weighted by atomic mass is 10.3. The summed E-state index contributed by atoms with van der Waals surface area (Å²) in [7, 11) is 0. The summed E-state index contributed by atoms with van der Waals surface area (Å²) in [5.41, 5.74) is 6.14. The zero-order chi connectivity index (χ0) is 13.8. The highest BCUT2D eigenvalue weighted by Crippen LogP contribution is 2.20. The fraction of sp³-hybridized carbons (Fsp3) is 0.0833. The van der Waals surface area contributed by atoms with E-state index in [4.69, 9.17) is 5.73 Å². The average Bonchev–Trinajstić information content (AvgIpc) is 2.86. The molecule has 0 radical (unpaired) electrons. The number of carbonyl (C=O) groups is 2. The molecule has 5 nitrogen and oxygen atoms in total. The van der Waals surface area contributed by atoms with Crippen LogP contribution in [0.25, 0.3) is 0 Å². The van der Waals surface area contributed by atoms with Gasteiger partial charge < -0.3 is 11.1 Å². The molecule has 0 saturated heterocycles. The Bertz CT molecular complexity index is 627. The van der Waals surface area contributed by atoms with E-state index in [1.807, 2.05) is 0 Å². The Labute approximate surface area is 122 Å². The SMILES string of the molecule is NCC(=O)c1cc(NC(=O)c2cc(Br)ccn2)cs1. The van der Waals surface area contributed by atoms with Crippen LogP contribution in [-0.2, 0) is 0 Å². The molecular formula is C12H10BrN3O2S. The minimum atomic E-state index is -0.328. The number of nitrogens with two attached hydrogens (primary N) is 1. The Balaban J connectivity index is 2.11. The zero-order valence-corrected chi connectivity index (χ0v) is 12.1. The van der Waals surface area contributed by atoms with Crippen molar-refractivity contribution in [3.8, 4) is 0 Å². The number of nitrogens with one attached hydrogen (secondary N) is 1. The standard InChI is InChI=1S/C12H10BrN3O2S/c13-7-1-2-15-9(3-7)12(18)16-8-4-11(19-6-8)10(17)5-14/h1-4,6H,5,14H2,(H,16,18). The first-order valence-electron chi connectivity index (χ1n) is 5.35. The highest BCUT2D eigenvalue weighted by atomic mass is 79.9. The molecule has 0 aliphatic carbocycles. The van der Waals surface area contributed by atoms with E-state index in [9.17, 15) is 9.59 Å². The monoisotopic (exact) mass is 339 g/mol. The molecule has 3 N–H and O–H groups in total. The number of rotatable bonds is 4. The van der Waals surface area contributed by atoms with Crippen molar-refractivity contribution in [3.05, 3.63) is 44.8 Å². The van der Waals surface area contributed by atoms with Crippen molar-refractivity contribution in [2.24, 2.45) is 5.73 Å². The molecule has 1 amide bonds. The van der Waals surface area contributed by atoms with Crippen LogP contribution in [0.3, 0.4) is 0 Å². The molecule has 2 rings (SSSR count). The lowest BCUT2D eigenvalue weighted by Gasteiger charge is -2.01. The van der Waals surface area contributed by atoms with E-state index in [0.29, 0.717) is 16.3 Å². The second-order valence-electron chi connectivity index (χ2n) is 3.64. The normalized spacial score (nSPS) is 10.2. The molecular weight excluding hydrogens is 330 g/mol. The van der Waals surface area contributed by atoms with Crippen molar-refractivity contribution in [1.29, 1.82) is 0 Å². The number of amides is 1. The number of pyridine rings is 1. The molecule has 0 bridgehead atoms. The summed E-state index contributed by atoms with van der Waals surface area (Å²) in [5.74, 6) is -0.475. The Kier molecular flexibility index (Phi) is 4.41. The van der Waals surface area contributed by atoms with Crippen LogP contribution in [0.4, 0.5) is 5.69 Å². The van der Waals surface area contributed by atoms with E-state index >= 15 is 0 Å². The van der Waals surface area contributed by atoms with Gasteiger partial charge in [0.05, 0.1) is 17.1 Å². The molecule has 0 aromatic carbocycles. The first-order chi connectivity index (χ1) is 9.10. The molecule has 0 unspecified atom stereocenters. The Morgan fingerprint density at radius 2 is 2.21 bits per heavy atom. The third-order valence-electron chi connectivity index (χ3n) is 2.27. The van der Waals surface area contributed by atoms with E-state index in [1.165, 1.54) is 17.5 Å². The van der Waals surface area contributed by atoms with Crippen LogP contribution in [0.2, 0.25) is 0 Å². The van der Waals surface area contributed by atoms with Gasteiger partial charge in [0.15, 0.2) is 5.78 Å². The number of ketones is 1. The van der Waals surface area contributed by atoms with Crippen LogP contribution in [-0.4, -0.2) is 23.2 Å². The molecule has 2 aromatic heterocycles. The Hall–Kier alpha value is -1.57. The molecule has 0 atom stereocenters. The van der Waals surface area contributed by atoms with Gasteiger partial charge in [0, 0.05) is 16.0 Å². The number of Topliss-reactive ketones (excluding diaryl/α,β-unsaturated/α-hetero) is 1. The third-order valence-corrected chi connectivity index (χ3v) is 3.74. The lowest BCUT2D eigenvalue weighted by molar-refractivity contribution is 0.1000. The molecule has 98 valence electrons. The van der Waals surface area contributed by atoms with Crippen LogP contribution in [0, 0.1) is 0 Å². The predicted octanol–water partition coefficient (Wildman–Crippen LogP) is 2.30. The maximum atomic E-state index is 11.9. The minimum Gasteiger partial charge on any atom is -0.324 e. The van der Waals surface area contributed by atoms with Gasteiger partial charge in [-0.3, -0.25) is 14.6 Å². The highest BCUT2D eigenvalue weighted by Gasteiger charge is 2.11. The molecule has 7 heteroatoms. The number of halogens is 1. The number of anilines is 1. The van der Waals surface area contributed by atoms with Gasteiger partial charge in [0.1, 0.15) is 5.69 Å².